The molecule has 0 radical (unpaired) electrons. The van der Waals surface area contributed by atoms with Gasteiger partial charge in [0.2, 0.25) is 0 Å². The smallest absolute Gasteiger partial charge is 0.100 e. The Balaban J connectivity index is 4.14. The van der Waals surface area contributed by atoms with Crippen LogP contribution in [0, 0.1) is 0 Å². The fourth-order valence-corrected chi connectivity index (χ4v) is 0.0354. The van der Waals surface area contributed by atoms with Gasteiger partial charge in [-0.3, -0.25) is 0 Å². The molecule has 1 atom stereocenters. The van der Waals surface area contributed by atoms with E-state index in [4.69, 9.17) is 19.4 Å². The second-order valence-corrected chi connectivity index (χ2v) is 0.717. The fourth-order valence-electron chi connectivity index (χ4n) is 0.0354. The Hall–Kier alpha value is -0.120. The van der Waals surface area contributed by atoms with Crippen LogP contribution in [0.4, 0.5) is 0 Å². The largest absolute Gasteiger partial charge is 0.394 e. The van der Waals surface area contributed by atoms with Gasteiger partial charge in [0.15, 0.2) is 0 Å². The SMILES string of the molecule is [2H]C([2H])(O)C([2H])(O)CO. The van der Waals surface area contributed by atoms with Crippen LogP contribution in [-0.4, -0.2) is 34.6 Å². The van der Waals surface area contributed by atoms with Gasteiger partial charge in [0.05, 0.1) is 17.3 Å². The van der Waals surface area contributed by atoms with Crippen LogP contribution in [0.1, 0.15) is 4.11 Å². The number of hydrogen-bond acceptors (Lipinski definition) is 3. The molecule has 0 saturated carbocycles. The number of rotatable bonds is 2. The van der Waals surface area contributed by atoms with Gasteiger partial charge in [-0.25, -0.2) is 0 Å². The van der Waals surface area contributed by atoms with Gasteiger partial charge >= 0.3 is 0 Å². The summed E-state index contributed by atoms with van der Waals surface area (Å²) in [6.07, 6.45) is -2.83. The molecule has 0 saturated heterocycles. The van der Waals surface area contributed by atoms with Crippen molar-refractivity contribution in [3.8, 4) is 0 Å². The molecule has 3 nitrogen and oxygen atoms in total. The van der Waals surface area contributed by atoms with Crippen molar-refractivity contribution in [2.24, 2.45) is 0 Å². The topological polar surface area (TPSA) is 60.7 Å². The van der Waals surface area contributed by atoms with E-state index in [1.165, 1.54) is 0 Å². The van der Waals surface area contributed by atoms with Crippen molar-refractivity contribution < 1.29 is 19.4 Å². The molecular weight excluding hydrogens is 84.0 g/mol. The highest BCUT2D eigenvalue weighted by atomic mass is 16.3. The maximum absolute atomic E-state index is 8.45. The molecule has 0 aromatic carbocycles. The van der Waals surface area contributed by atoms with Crippen molar-refractivity contribution in [1.29, 1.82) is 0 Å². The average Bonchev–Trinajstić information content (AvgIpc) is 1.64. The summed E-state index contributed by atoms with van der Waals surface area (Å²) in [5, 5.41) is 24.8. The summed E-state index contributed by atoms with van der Waals surface area (Å²) in [4.78, 5) is 0. The highest BCUT2D eigenvalue weighted by Crippen LogP contribution is 1.71. The van der Waals surface area contributed by atoms with Gasteiger partial charge in [-0.1, -0.05) is 0 Å². The van der Waals surface area contributed by atoms with Crippen LogP contribution in [0.5, 0.6) is 0 Å². The molecule has 0 aromatic heterocycles. The molecule has 0 rings (SSSR count). The minimum Gasteiger partial charge on any atom is -0.394 e. The molecule has 0 aromatic rings. The Labute approximate surface area is 40.1 Å². The Kier molecular flexibility index (Phi) is 1.16. The van der Waals surface area contributed by atoms with Crippen molar-refractivity contribution in [3.05, 3.63) is 0 Å². The summed E-state index contributed by atoms with van der Waals surface area (Å²) in [5.74, 6) is 0. The molecule has 0 fully saturated rings. The molecule has 0 aliphatic carbocycles. The summed E-state index contributed by atoms with van der Waals surface area (Å²) in [6, 6.07) is 0. The quantitative estimate of drug-likeness (QED) is 0.384. The maximum atomic E-state index is 8.45. The number of hydrogen-bond donors (Lipinski definition) is 3. The molecule has 0 aliphatic heterocycles. The Morgan fingerprint density at radius 2 is 2.33 bits per heavy atom. The van der Waals surface area contributed by atoms with E-state index < -0.39 is 19.2 Å². The summed E-state index contributed by atoms with van der Waals surface area (Å²) < 4.78 is 19.2. The first kappa shape index (κ1) is 2.26. The van der Waals surface area contributed by atoms with Crippen LogP contribution in [-0.2, 0) is 0 Å². The van der Waals surface area contributed by atoms with Gasteiger partial charge in [-0.15, -0.1) is 0 Å². The first-order valence-electron chi connectivity index (χ1n) is 2.87. The number of aliphatic hydroxyl groups excluding tert-OH is 1. The summed E-state index contributed by atoms with van der Waals surface area (Å²) >= 11 is 0. The van der Waals surface area contributed by atoms with Crippen molar-refractivity contribution in [2.45, 2.75) is 6.08 Å². The third-order valence-corrected chi connectivity index (χ3v) is 0.279. The van der Waals surface area contributed by atoms with Crippen molar-refractivity contribution in [1.82, 2.24) is 0 Å². The normalized spacial score (nSPS) is 29.5. The molecule has 1 unspecified atom stereocenters. The van der Waals surface area contributed by atoms with E-state index in [9.17, 15) is 0 Å². The van der Waals surface area contributed by atoms with Gasteiger partial charge in [0.25, 0.3) is 0 Å². The van der Waals surface area contributed by atoms with E-state index >= 15 is 0 Å². The third-order valence-electron chi connectivity index (χ3n) is 0.279. The summed E-state index contributed by atoms with van der Waals surface area (Å²) in [6.45, 7) is -4.22. The predicted molar refractivity (Wildman–Crippen MR) is 20.2 cm³/mol. The van der Waals surface area contributed by atoms with Gasteiger partial charge in [-0.2, -0.15) is 0 Å². The molecule has 0 amide bonds. The monoisotopic (exact) mass is 95.1 g/mol. The Morgan fingerprint density at radius 1 is 1.83 bits per heavy atom. The Morgan fingerprint density at radius 3 is 2.33 bits per heavy atom. The molecule has 0 aliphatic rings. The lowest BCUT2D eigenvalue weighted by molar-refractivity contribution is 0.0450. The lowest BCUT2D eigenvalue weighted by Gasteiger charge is -1.96. The molecule has 38 valence electrons. The lowest BCUT2D eigenvalue weighted by atomic mass is 10.4. The zero-order valence-corrected chi connectivity index (χ0v) is 3.05. The molecule has 3 N–H and O–H groups in total. The van der Waals surface area contributed by atoms with Gasteiger partial charge in [0.1, 0.15) is 6.08 Å². The Bertz CT molecular complexity index is 97.0. The minimum atomic E-state index is -3.08. The van der Waals surface area contributed by atoms with Crippen LogP contribution < -0.4 is 0 Å². The highest BCUT2D eigenvalue weighted by Gasteiger charge is 1.93. The minimum absolute atomic E-state index is 1.14. The molecule has 6 heavy (non-hydrogen) atoms. The second-order valence-electron chi connectivity index (χ2n) is 0.717. The van der Waals surface area contributed by atoms with Crippen molar-refractivity contribution in [3.63, 3.8) is 0 Å². The van der Waals surface area contributed by atoms with E-state index in [0.29, 0.717) is 0 Å². The first-order chi connectivity index (χ1) is 3.81. The van der Waals surface area contributed by atoms with Crippen LogP contribution in [0.25, 0.3) is 0 Å². The second kappa shape index (κ2) is 3.08. The highest BCUT2D eigenvalue weighted by molar-refractivity contribution is 4.43. The van der Waals surface area contributed by atoms with Crippen LogP contribution in [0.2, 0.25) is 0 Å². The van der Waals surface area contributed by atoms with E-state index in [1.807, 2.05) is 0 Å². The van der Waals surface area contributed by atoms with Crippen LogP contribution in [0.15, 0.2) is 0 Å². The standard InChI is InChI=1S/C3H8O3/c4-1-3(6)2-5/h3-6H,1-2H2/i1D2,3D. The maximum Gasteiger partial charge on any atom is 0.100 e. The van der Waals surface area contributed by atoms with E-state index in [0.717, 1.165) is 0 Å². The molecular formula is C3H8O3. The average molecular weight is 95.1 g/mol. The fraction of sp³-hybridized carbons (Fsp3) is 1.00. The number of aliphatic hydroxyl groups is 3. The van der Waals surface area contributed by atoms with Gasteiger partial charge in [0, 0.05) is 0 Å². The summed E-state index contributed by atoms with van der Waals surface area (Å²) in [7, 11) is 0. The molecule has 3 heteroatoms. The van der Waals surface area contributed by atoms with Crippen molar-refractivity contribution >= 4 is 0 Å². The van der Waals surface area contributed by atoms with E-state index in [-0.39, 0.29) is 0 Å². The van der Waals surface area contributed by atoms with E-state index in [1.54, 1.807) is 0 Å². The van der Waals surface area contributed by atoms with E-state index in [2.05, 4.69) is 0 Å². The van der Waals surface area contributed by atoms with Gasteiger partial charge < -0.3 is 15.3 Å². The first-order valence-corrected chi connectivity index (χ1v) is 1.37. The van der Waals surface area contributed by atoms with Crippen molar-refractivity contribution in [2.75, 3.05) is 13.2 Å². The molecule has 0 spiro atoms. The third kappa shape index (κ3) is 2.14. The lowest BCUT2D eigenvalue weighted by Crippen LogP contribution is -2.15. The molecule has 0 heterocycles. The predicted octanol–water partition coefficient (Wildman–Crippen LogP) is -1.67. The van der Waals surface area contributed by atoms with Gasteiger partial charge in [-0.05, 0) is 0 Å². The summed E-state index contributed by atoms with van der Waals surface area (Å²) in [5.41, 5.74) is 0. The molecule has 0 bridgehead atoms. The van der Waals surface area contributed by atoms with Crippen LogP contribution in [0.3, 0.4) is 0 Å². The zero-order chi connectivity index (χ0) is 7.71. The van der Waals surface area contributed by atoms with Crippen LogP contribution >= 0.6 is 0 Å². The zero-order valence-electron chi connectivity index (χ0n) is 6.05.